The van der Waals surface area contributed by atoms with Crippen molar-refractivity contribution in [2.75, 3.05) is 18.9 Å². The Bertz CT molecular complexity index is 635. The molecule has 1 aromatic rings. The Morgan fingerprint density at radius 3 is 2.45 bits per heavy atom. The fourth-order valence-electron chi connectivity index (χ4n) is 2.01. The molecule has 1 aromatic carbocycles. The molecular formula is C13H17N3O3S. The van der Waals surface area contributed by atoms with E-state index in [-0.39, 0.29) is 10.8 Å². The number of hydrogen-bond donors (Lipinski definition) is 1. The van der Waals surface area contributed by atoms with Crippen molar-refractivity contribution in [1.29, 1.82) is 0 Å². The number of anilines is 1. The molecule has 0 saturated carbocycles. The van der Waals surface area contributed by atoms with Crippen LogP contribution in [0, 0.1) is 0 Å². The monoisotopic (exact) mass is 295 g/mol. The molecule has 0 radical (unpaired) electrons. The Balaban J connectivity index is 2.24. The number of amides is 1. The molecule has 7 heteroatoms. The second kappa shape index (κ2) is 5.62. The largest absolute Gasteiger partial charge is 0.362 e. The Hall–Kier alpha value is -1.89. The maximum absolute atomic E-state index is 12.2. The molecule has 1 saturated heterocycles. The first-order valence-corrected chi connectivity index (χ1v) is 7.75. The number of amidine groups is 1. The second-order valence-corrected chi connectivity index (χ2v) is 6.32. The zero-order valence-corrected chi connectivity index (χ0v) is 12.3. The van der Waals surface area contributed by atoms with E-state index in [0.717, 1.165) is 13.0 Å². The first kappa shape index (κ1) is 14.5. The third kappa shape index (κ3) is 3.36. The molecule has 1 fully saturated rings. The van der Waals surface area contributed by atoms with Crippen LogP contribution in [-0.2, 0) is 14.8 Å². The van der Waals surface area contributed by atoms with Crippen LogP contribution in [-0.4, -0.2) is 38.7 Å². The Kier molecular flexibility index (Phi) is 4.08. The van der Waals surface area contributed by atoms with Crippen molar-refractivity contribution in [1.82, 2.24) is 4.90 Å². The highest BCUT2D eigenvalue weighted by molar-refractivity contribution is 7.90. The molecule has 0 spiro atoms. The van der Waals surface area contributed by atoms with Gasteiger partial charge in [-0.15, -0.1) is 4.40 Å². The molecule has 1 amide bonds. The van der Waals surface area contributed by atoms with E-state index in [0.29, 0.717) is 17.9 Å². The normalized spacial score (nSPS) is 17.5. The van der Waals surface area contributed by atoms with Crippen molar-refractivity contribution in [2.45, 2.75) is 24.7 Å². The summed E-state index contributed by atoms with van der Waals surface area (Å²) in [5, 5.41) is 2.59. The van der Waals surface area contributed by atoms with E-state index in [4.69, 9.17) is 0 Å². The topological polar surface area (TPSA) is 78.8 Å². The summed E-state index contributed by atoms with van der Waals surface area (Å²) in [5.41, 5.74) is 0.557. The van der Waals surface area contributed by atoms with Crippen LogP contribution in [0.25, 0.3) is 0 Å². The fourth-order valence-corrected chi connectivity index (χ4v) is 3.11. The van der Waals surface area contributed by atoms with E-state index in [1.165, 1.54) is 19.1 Å². The van der Waals surface area contributed by atoms with Gasteiger partial charge in [0.1, 0.15) is 5.84 Å². The summed E-state index contributed by atoms with van der Waals surface area (Å²) in [5.74, 6) is 0.393. The predicted molar refractivity (Wildman–Crippen MR) is 77.2 cm³/mol. The minimum Gasteiger partial charge on any atom is -0.362 e. The molecule has 1 heterocycles. The van der Waals surface area contributed by atoms with Gasteiger partial charge in [0, 0.05) is 32.6 Å². The third-order valence-corrected chi connectivity index (χ3v) is 4.35. The summed E-state index contributed by atoms with van der Waals surface area (Å²) in [6.45, 7) is 2.22. The van der Waals surface area contributed by atoms with Gasteiger partial charge in [-0.05, 0) is 30.7 Å². The highest BCUT2D eigenvalue weighted by Crippen LogP contribution is 2.19. The van der Waals surface area contributed by atoms with Crippen LogP contribution in [0.2, 0.25) is 0 Å². The zero-order chi connectivity index (χ0) is 14.8. The first-order valence-electron chi connectivity index (χ1n) is 6.31. The van der Waals surface area contributed by atoms with Gasteiger partial charge >= 0.3 is 0 Å². The highest BCUT2D eigenvalue weighted by atomic mass is 32.2. The minimum atomic E-state index is -3.69. The van der Waals surface area contributed by atoms with Crippen molar-refractivity contribution in [3.8, 4) is 0 Å². The summed E-state index contributed by atoms with van der Waals surface area (Å²) >= 11 is 0. The summed E-state index contributed by atoms with van der Waals surface area (Å²) in [4.78, 5) is 12.9. The summed E-state index contributed by atoms with van der Waals surface area (Å²) in [6, 6.07) is 5.99. The van der Waals surface area contributed by atoms with Gasteiger partial charge in [0.2, 0.25) is 5.91 Å². The lowest BCUT2D eigenvalue weighted by Crippen LogP contribution is -2.20. The SMILES string of the molecule is CC(=O)Nc1ccc(S(=O)(=O)/N=C2\CCCN2C)cc1. The average molecular weight is 295 g/mol. The molecule has 2 rings (SSSR count). The van der Waals surface area contributed by atoms with Gasteiger partial charge in [0.15, 0.2) is 0 Å². The standard InChI is InChI=1S/C13H17N3O3S/c1-10(17)14-11-5-7-12(8-6-11)20(18,19)15-13-4-3-9-16(13)2/h5-8H,3-4,9H2,1-2H3,(H,14,17)/b15-13+. The van der Waals surface area contributed by atoms with Gasteiger partial charge in [-0.25, -0.2) is 0 Å². The predicted octanol–water partition coefficient (Wildman–Crippen LogP) is 1.46. The van der Waals surface area contributed by atoms with Crippen LogP contribution in [0.5, 0.6) is 0 Å². The number of benzene rings is 1. The average Bonchev–Trinajstić information content (AvgIpc) is 2.74. The van der Waals surface area contributed by atoms with Crippen LogP contribution in [0.15, 0.2) is 33.6 Å². The smallest absolute Gasteiger partial charge is 0.283 e. The van der Waals surface area contributed by atoms with Crippen LogP contribution in [0.1, 0.15) is 19.8 Å². The molecule has 0 aliphatic carbocycles. The van der Waals surface area contributed by atoms with Crippen molar-refractivity contribution in [2.24, 2.45) is 4.40 Å². The first-order chi connectivity index (χ1) is 9.38. The Morgan fingerprint density at radius 1 is 1.30 bits per heavy atom. The lowest BCUT2D eigenvalue weighted by molar-refractivity contribution is -0.114. The molecule has 0 atom stereocenters. The number of hydrogen-bond acceptors (Lipinski definition) is 3. The zero-order valence-electron chi connectivity index (χ0n) is 11.5. The van der Waals surface area contributed by atoms with Crippen LogP contribution in [0.4, 0.5) is 5.69 Å². The number of rotatable bonds is 3. The van der Waals surface area contributed by atoms with Crippen molar-refractivity contribution in [3.05, 3.63) is 24.3 Å². The van der Waals surface area contributed by atoms with E-state index < -0.39 is 10.0 Å². The Morgan fingerprint density at radius 2 is 1.95 bits per heavy atom. The van der Waals surface area contributed by atoms with E-state index in [2.05, 4.69) is 9.71 Å². The van der Waals surface area contributed by atoms with E-state index in [1.54, 1.807) is 12.1 Å². The van der Waals surface area contributed by atoms with Gasteiger partial charge in [0.25, 0.3) is 10.0 Å². The molecule has 0 aromatic heterocycles. The number of sulfonamides is 1. The van der Waals surface area contributed by atoms with E-state index in [9.17, 15) is 13.2 Å². The molecule has 108 valence electrons. The maximum Gasteiger partial charge on any atom is 0.283 e. The van der Waals surface area contributed by atoms with Gasteiger partial charge in [0.05, 0.1) is 4.90 Å². The maximum atomic E-state index is 12.2. The van der Waals surface area contributed by atoms with Gasteiger partial charge < -0.3 is 10.2 Å². The quantitative estimate of drug-likeness (QED) is 0.915. The van der Waals surface area contributed by atoms with Gasteiger partial charge in [-0.1, -0.05) is 0 Å². The van der Waals surface area contributed by atoms with Crippen molar-refractivity contribution < 1.29 is 13.2 Å². The van der Waals surface area contributed by atoms with Crippen LogP contribution >= 0.6 is 0 Å². The molecule has 1 aliphatic rings. The van der Waals surface area contributed by atoms with Crippen molar-refractivity contribution >= 4 is 27.5 Å². The lowest BCUT2D eigenvalue weighted by atomic mass is 10.3. The van der Waals surface area contributed by atoms with Crippen LogP contribution in [0.3, 0.4) is 0 Å². The highest BCUT2D eigenvalue weighted by Gasteiger charge is 2.20. The number of nitrogens with zero attached hydrogens (tertiary/aromatic N) is 2. The van der Waals surface area contributed by atoms with Crippen molar-refractivity contribution in [3.63, 3.8) is 0 Å². The fraction of sp³-hybridized carbons (Fsp3) is 0.385. The van der Waals surface area contributed by atoms with E-state index >= 15 is 0 Å². The summed E-state index contributed by atoms with van der Waals surface area (Å²) < 4.78 is 28.2. The molecule has 6 nitrogen and oxygen atoms in total. The number of carbonyl (C=O) groups excluding carboxylic acids is 1. The van der Waals surface area contributed by atoms with Crippen LogP contribution < -0.4 is 5.32 Å². The molecule has 20 heavy (non-hydrogen) atoms. The lowest BCUT2D eigenvalue weighted by Gasteiger charge is -2.11. The van der Waals surface area contributed by atoms with E-state index in [1.807, 2.05) is 11.9 Å². The summed E-state index contributed by atoms with van der Waals surface area (Å²) in [7, 11) is -1.85. The molecule has 1 N–H and O–H groups in total. The molecule has 0 unspecified atom stereocenters. The summed E-state index contributed by atoms with van der Waals surface area (Å²) in [6.07, 6.45) is 1.60. The van der Waals surface area contributed by atoms with Gasteiger partial charge in [-0.3, -0.25) is 4.79 Å². The molecule has 1 aliphatic heterocycles. The Labute approximate surface area is 118 Å². The molecule has 0 bridgehead atoms. The number of carbonyl (C=O) groups is 1. The minimum absolute atomic E-state index is 0.124. The third-order valence-electron chi connectivity index (χ3n) is 3.03. The van der Waals surface area contributed by atoms with Gasteiger partial charge in [-0.2, -0.15) is 8.42 Å². The number of likely N-dealkylation sites (tertiary alicyclic amines) is 1. The second-order valence-electron chi connectivity index (χ2n) is 4.71. The molecular weight excluding hydrogens is 278 g/mol. The number of nitrogens with one attached hydrogen (secondary N) is 1.